The van der Waals surface area contributed by atoms with Gasteiger partial charge in [-0.1, -0.05) is 23.3 Å². The molecule has 0 aliphatic rings. The Bertz CT molecular complexity index is 788. The van der Waals surface area contributed by atoms with E-state index >= 15 is 0 Å². The van der Waals surface area contributed by atoms with Crippen LogP contribution in [-0.4, -0.2) is 21.9 Å². The highest BCUT2D eigenvalue weighted by Gasteiger charge is 2.14. The fraction of sp³-hybridized carbons (Fsp3) is 0.133. The van der Waals surface area contributed by atoms with Gasteiger partial charge in [0.1, 0.15) is 0 Å². The second-order valence-electron chi connectivity index (χ2n) is 4.48. The van der Waals surface area contributed by atoms with Crippen molar-refractivity contribution in [3.8, 4) is 11.7 Å². The van der Waals surface area contributed by atoms with Gasteiger partial charge >= 0.3 is 6.01 Å². The first-order valence-electron chi connectivity index (χ1n) is 6.77. The van der Waals surface area contributed by atoms with E-state index in [4.69, 9.17) is 8.83 Å². The van der Waals surface area contributed by atoms with Gasteiger partial charge in [-0.15, -0.1) is 16.9 Å². The molecule has 6 nitrogen and oxygen atoms in total. The standard InChI is InChI=1S/C15H12BrN3O3S/c16-12-7-6-11(21-12)14-18-19-15(22-14)17-13(20)8-9-23-10-4-2-1-3-5-10/h1-7H,8-9H2,(H,17,19,20). The number of nitrogens with one attached hydrogen (secondary N) is 1. The first kappa shape index (κ1) is 15.8. The lowest BCUT2D eigenvalue weighted by atomic mass is 10.4. The fourth-order valence-electron chi connectivity index (χ4n) is 1.76. The third-order valence-electron chi connectivity index (χ3n) is 2.80. The molecule has 0 spiro atoms. The Labute approximate surface area is 144 Å². The number of hydrogen-bond acceptors (Lipinski definition) is 6. The van der Waals surface area contributed by atoms with E-state index in [0.717, 1.165) is 4.90 Å². The molecule has 0 saturated carbocycles. The van der Waals surface area contributed by atoms with E-state index in [9.17, 15) is 4.79 Å². The largest absolute Gasteiger partial charge is 0.444 e. The zero-order valence-corrected chi connectivity index (χ0v) is 14.3. The molecule has 0 aliphatic heterocycles. The number of carbonyl (C=O) groups excluding carboxylic acids is 1. The summed E-state index contributed by atoms with van der Waals surface area (Å²) in [5.74, 6) is 1.14. The quantitative estimate of drug-likeness (QED) is 0.631. The van der Waals surface area contributed by atoms with Crippen LogP contribution in [0.25, 0.3) is 11.7 Å². The van der Waals surface area contributed by atoms with Crippen molar-refractivity contribution in [3.05, 3.63) is 47.1 Å². The molecule has 0 unspecified atom stereocenters. The van der Waals surface area contributed by atoms with E-state index in [1.807, 2.05) is 30.3 Å². The summed E-state index contributed by atoms with van der Waals surface area (Å²) in [6.45, 7) is 0. The Morgan fingerprint density at radius 3 is 2.70 bits per heavy atom. The molecule has 0 fully saturated rings. The van der Waals surface area contributed by atoms with Gasteiger partial charge in [0.05, 0.1) is 0 Å². The summed E-state index contributed by atoms with van der Waals surface area (Å²) in [5.41, 5.74) is 0. The highest BCUT2D eigenvalue weighted by Crippen LogP contribution is 2.25. The number of halogens is 1. The third kappa shape index (κ3) is 4.46. The molecule has 0 atom stereocenters. The summed E-state index contributed by atoms with van der Waals surface area (Å²) in [5, 5.41) is 10.2. The summed E-state index contributed by atoms with van der Waals surface area (Å²) in [6, 6.07) is 13.4. The Hall–Kier alpha value is -2.06. The van der Waals surface area contributed by atoms with Gasteiger partial charge in [0.25, 0.3) is 5.89 Å². The normalized spacial score (nSPS) is 10.7. The number of carbonyl (C=O) groups is 1. The van der Waals surface area contributed by atoms with Crippen LogP contribution >= 0.6 is 27.7 Å². The first-order chi connectivity index (χ1) is 11.2. The van der Waals surface area contributed by atoms with Crippen molar-refractivity contribution in [2.75, 3.05) is 11.1 Å². The number of rotatable bonds is 6. The topological polar surface area (TPSA) is 81.2 Å². The molecular formula is C15H12BrN3O3S. The highest BCUT2D eigenvalue weighted by atomic mass is 79.9. The number of aromatic nitrogens is 2. The van der Waals surface area contributed by atoms with Crippen LogP contribution in [-0.2, 0) is 4.79 Å². The monoisotopic (exact) mass is 393 g/mol. The summed E-state index contributed by atoms with van der Waals surface area (Å²) in [4.78, 5) is 13.0. The van der Waals surface area contributed by atoms with Gasteiger partial charge in [0.15, 0.2) is 10.4 Å². The predicted molar refractivity (Wildman–Crippen MR) is 90.1 cm³/mol. The minimum absolute atomic E-state index is 0.0576. The van der Waals surface area contributed by atoms with E-state index < -0.39 is 0 Å². The van der Waals surface area contributed by atoms with Crippen LogP contribution < -0.4 is 5.32 Å². The molecule has 3 rings (SSSR count). The van der Waals surface area contributed by atoms with Crippen LogP contribution in [0.5, 0.6) is 0 Å². The number of hydrogen-bond donors (Lipinski definition) is 1. The van der Waals surface area contributed by atoms with Crippen molar-refractivity contribution >= 4 is 39.6 Å². The highest BCUT2D eigenvalue weighted by molar-refractivity contribution is 9.10. The zero-order valence-electron chi connectivity index (χ0n) is 11.9. The molecule has 118 valence electrons. The maximum atomic E-state index is 11.9. The van der Waals surface area contributed by atoms with Crippen molar-refractivity contribution in [2.24, 2.45) is 0 Å². The Morgan fingerprint density at radius 1 is 1.13 bits per heavy atom. The van der Waals surface area contributed by atoms with Crippen LogP contribution in [0.3, 0.4) is 0 Å². The van der Waals surface area contributed by atoms with Crippen molar-refractivity contribution in [2.45, 2.75) is 11.3 Å². The molecule has 0 aliphatic carbocycles. The summed E-state index contributed by atoms with van der Waals surface area (Å²) in [6.07, 6.45) is 0.351. The Balaban J connectivity index is 1.49. The molecule has 2 aromatic heterocycles. The first-order valence-corrected chi connectivity index (χ1v) is 8.55. The van der Waals surface area contributed by atoms with E-state index in [1.54, 1.807) is 23.9 Å². The summed E-state index contributed by atoms with van der Waals surface area (Å²) in [7, 11) is 0. The van der Waals surface area contributed by atoms with Crippen molar-refractivity contribution in [1.29, 1.82) is 0 Å². The number of anilines is 1. The molecule has 0 bridgehead atoms. The van der Waals surface area contributed by atoms with Crippen LogP contribution in [0.15, 0.2) is 60.9 Å². The molecule has 23 heavy (non-hydrogen) atoms. The van der Waals surface area contributed by atoms with Crippen LogP contribution in [0.2, 0.25) is 0 Å². The average Bonchev–Trinajstić information content (AvgIpc) is 3.17. The third-order valence-corrected chi connectivity index (χ3v) is 4.24. The number of amides is 1. The molecule has 1 aromatic carbocycles. The predicted octanol–water partition coefficient (Wildman–Crippen LogP) is 4.21. The van der Waals surface area contributed by atoms with Gasteiger partial charge in [0, 0.05) is 17.1 Å². The smallest absolute Gasteiger partial charge is 0.322 e. The van der Waals surface area contributed by atoms with Crippen LogP contribution in [0.4, 0.5) is 6.01 Å². The molecule has 0 saturated heterocycles. The lowest BCUT2D eigenvalue weighted by Gasteiger charge is -2.01. The van der Waals surface area contributed by atoms with Crippen molar-refractivity contribution in [1.82, 2.24) is 10.2 Å². The summed E-state index contributed by atoms with van der Waals surface area (Å²) >= 11 is 4.81. The Morgan fingerprint density at radius 2 is 1.96 bits per heavy atom. The number of furan rings is 1. The second kappa shape index (κ2) is 7.47. The van der Waals surface area contributed by atoms with E-state index in [0.29, 0.717) is 22.6 Å². The molecule has 3 aromatic rings. The van der Waals surface area contributed by atoms with E-state index in [-0.39, 0.29) is 17.8 Å². The van der Waals surface area contributed by atoms with Gasteiger partial charge < -0.3 is 8.83 Å². The number of benzene rings is 1. The van der Waals surface area contributed by atoms with Crippen molar-refractivity contribution in [3.63, 3.8) is 0 Å². The maximum absolute atomic E-state index is 11.9. The molecule has 8 heteroatoms. The molecule has 1 amide bonds. The van der Waals surface area contributed by atoms with Crippen molar-refractivity contribution < 1.29 is 13.6 Å². The number of thioether (sulfide) groups is 1. The van der Waals surface area contributed by atoms with Crippen LogP contribution in [0, 0.1) is 0 Å². The fourth-order valence-corrected chi connectivity index (χ4v) is 2.94. The molecule has 0 radical (unpaired) electrons. The molecule has 2 heterocycles. The average molecular weight is 394 g/mol. The van der Waals surface area contributed by atoms with Gasteiger partial charge in [0.2, 0.25) is 5.91 Å². The summed E-state index contributed by atoms with van der Waals surface area (Å²) < 4.78 is 11.2. The molecular weight excluding hydrogens is 382 g/mol. The zero-order chi connectivity index (χ0) is 16.1. The van der Waals surface area contributed by atoms with Crippen LogP contribution in [0.1, 0.15) is 6.42 Å². The second-order valence-corrected chi connectivity index (χ2v) is 6.43. The van der Waals surface area contributed by atoms with Gasteiger partial charge in [-0.2, -0.15) is 0 Å². The lowest BCUT2D eigenvalue weighted by Crippen LogP contribution is -2.12. The van der Waals surface area contributed by atoms with E-state index in [2.05, 4.69) is 31.4 Å². The lowest BCUT2D eigenvalue weighted by molar-refractivity contribution is -0.115. The minimum atomic E-state index is -0.177. The van der Waals surface area contributed by atoms with Gasteiger partial charge in [-0.3, -0.25) is 10.1 Å². The molecule has 1 N–H and O–H groups in total. The van der Waals surface area contributed by atoms with Gasteiger partial charge in [-0.25, -0.2) is 0 Å². The SMILES string of the molecule is O=C(CCSc1ccccc1)Nc1nnc(-c2ccc(Br)o2)o1. The maximum Gasteiger partial charge on any atom is 0.322 e. The van der Waals surface area contributed by atoms with Gasteiger partial charge in [-0.05, 0) is 40.2 Å². The van der Waals surface area contributed by atoms with E-state index in [1.165, 1.54) is 0 Å². The Kier molecular flexibility index (Phi) is 5.14. The minimum Gasteiger partial charge on any atom is -0.444 e. The number of nitrogens with zero attached hydrogens (tertiary/aromatic N) is 2.